The number of unbranched alkanes of at least 4 members (excludes halogenated alkanes) is 3. The number of nitrogens with one attached hydrogen (secondary N) is 1. The minimum Gasteiger partial charge on any atom is -0.479 e. The van der Waals surface area contributed by atoms with Gasteiger partial charge >= 0.3 is 5.97 Å². The van der Waals surface area contributed by atoms with E-state index in [0.29, 0.717) is 0 Å². The molecule has 0 radical (unpaired) electrons. The number of rotatable bonds is 12. The molecule has 0 bridgehead atoms. The van der Waals surface area contributed by atoms with Gasteiger partial charge in [-0.3, -0.25) is 0 Å². The molecule has 24 heavy (non-hydrogen) atoms. The predicted molar refractivity (Wildman–Crippen MR) is 92.5 cm³/mol. The highest BCUT2D eigenvalue weighted by atomic mass is 32.2. The van der Waals surface area contributed by atoms with E-state index in [2.05, 4.69) is 11.6 Å². The minimum atomic E-state index is -3.60. The lowest BCUT2D eigenvalue weighted by Crippen LogP contribution is -2.30. The Kier molecular flexibility index (Phi) is 8.95. The number of ether oxygens (including phenoxy) is 1. The molecule has 1 unspecified atom stereocenters. The quantitative estimate of drug-likeness (QED) is 0.561. The lowest BCUT2D eigenvalue weighted by atomic mass is 10.1. The van der Waals surface area contributed by atoms with Gasteiger partial charge in [0.15, 0.2) is 6.10 Å². The van der Waals surface area contributed by atoms with Crippen LogP contribution in [0.3, 0.4) is 0 Å². The van der Waals surface area contributed by atoms with Crippen molar-refractivity contribution in [2.24, 2.45) is 0 Å². The maximum atomic E-state index is 12.1. The summed E-state index contributed by atoms with van der Waals surface area (Å²) in [5.74, 6) is -1.08. The number of hydrogen-bond donors (Lipinski definition) is 2. The molecule has 0 amide bonds. The zero-order valence-corrected chi connectivity index (χ0v) is 15.1. The summed E-state index contributed by atoms with van der Waals surface area (Å²) in [6.45, 7) is 3.59. The Bertz CT molecular complexity index is 598. The van der Waals surface area contributed by atoms with Crippen molar-refractivity contribution in [1.82, 2.24) is 4.72 Å². The van der Waals surface area contributed by atoms with E-state index in [0.717, 1.165) is 18.4 Å². The summed E-state index contributed by atoms with van der Waals surface area (Å²) < 4.78 is 31.7. The monoisotopic (exact) mass is 357 g/mol. The largest absolute Gasteiger partial charge is 0.479 e. The third-order valence-electron chi connectivity index (χ3n) is 3.66. The molecule has 7 heteroatoms. The van der Waals surface area contributed by atoms with Crippen LogP contribution >= 0.6 is 0 Å². The molecule has 2 N–H and O–H groups in total. The minimum absolute atomic E-state index is 0.00219. The van der Waals surface area contributed by atoms with Crippen molar-refractivity contribution in [3.05, 3.63) is 29.8 Å². The van der Waals surface area contributed by atoms with Crippen molar-refractivity contribution in [1.29, 1.82) is 0 Å². The SMILES string of the molecule is CCCCCCc1ccc(S(=O)(=O)NCCOC(C)C(=O)O)cc1. The van der Waals surface area contributed by atoms with Gasteiger partial charge in [-0.05, 0) is 37.5 Å². The average Bonchev–Trinajstić information content (AvgIpc) is 2.55. The van der Waals surface area contributed by atoms with Crippen molar-refractivity contribution in [3.63, 3.8) is 0 Å². The number of sulfonamides is 1. The first-order valence-corrected chi connectivity index (χ1v) is 9.78. The summed E-state index contributed by atoms with van der Waals surface area (Å²) in [4.78, 5) is 10.8. The van der Waals surface area contributed by atoms with Gasteiger partial charge in [0.2, 0.25) is 10.0 Å². The fourth-order valence-electron chi connectivity index (χ4n) is 2.16. The normalized spacial score (nSPS) is 12.9. The van der Waals surface area contributed by atoms with Crippen molar-refractivity contribution < 1.29 is 23.1 Å². The highest BCUT2D eigenvalue weighted by Gasteiger charge is 2.14. The number of carboxylic acid groups (broad SMARTS) is 1. The van der Waals surface area contributed by atoms with Gasteiger partial charge < -0.3 is 9.84 Å². The van der Waals surface area contributed by atoms with Gasteiger partial charge in [-0.25, -0.2) is 17.9 Å². The smallest absolute Gasteiger partial charge is 0.332 e. The molecule has 0 aliphatic heterocycles. The Hall–Kier alpha value is -1.44. The van der Waals surface area contributed by atoms with Crippen molar-refractivity contribution in [2.45, 2.75) is 57.0 Å². The van der Waals surface area contributed by atoms with E-state index in [-0.39, 0.29) is 18.0 Å². The fraction of sp³-hybridized carbons (Fsp3) is 0.588. The molecule has 136 valence electrons. The molecular formula is C17H27NO5S. The molecule has 0 aliphatic rings. The van der Waals surface area contributed by atoms with E-state index in [1.54, 1.807) is 12.1 Å². The maximum Gasteiger partial charge on any atom is 0.332 e. The summed E-state index contributed by atoms with van der Waals surface area (Å²) in [6, 6.07) is 6.86. The Labute approximate surface area is 144 Å². The highest BCUT2D eigenvalue weighted by Crippen LogP contribution is 2.13. The number of hydrogen-bond acceptors (Lipinski definition) is 4. The van der Waals surface area contributed by atoms with Crippen LogP contribution in [0.15, 0.2) is 29.2 Å². The molecule has 6 nitrogen and oxygen atoms in total. The molecular weight excluding hydrogens is 330 g/mol. The van der Waals surface area contributed by atoms with Gasteiger partial charge in [0.1, 0.15) is 0 Å². The molecule has 0 aliphatic carbocycles. The molecule has 1 rings (SSSR count). The Morgan fingerprint density at radius 2 is 1.88 bits per heavy atom. The van der Waals surface area contributed by atoms with Crippen LogP contribution in [0.4, 0.5) is 0 Å². The van der Waals surface area contributed by atoms with Crippen molar-refractivity contribution >= 4 is 16.0 Å². The zero-order chi connectivity index (χ0) is 18.0. The third kappa shape index (κ3) is 7.42. The summed E-state index contributed by atoms with van der Waals surface area (Å²) in [7, 11) is -3.60. The Balaban J connectivity index is 2.44. The average molecular weight is 357 g/mol. The van der Waals surface area contributed by atoms with Gasteiger partial charge in [-0.2, -0.15) is 0 Å². The van der Waals surface area contributed by atoms with E-state index < -0.39 is 22.1 Å². The molecule has 0 saturated heterocycles. The molecule has 0 heterocycles. The maximum absolute atomic E-state index is 12.1. The second-order valence-corrected chi connectivity index (χ2v) is 7.47. The van der Waals surface area contributed by atoms with Crippen LogP contribution in [-0.2, 0) is 26.0 Å². The van der Waals surface area contributed by atoms with Gasteiger partial charge in [-0.15, -0.1) is 0 Å². The fourth-order valence-corrected chi connectivity index (χ4v) is 3.17. The summed E-state index contributed by atoms with van der Waals surface area (Å²) in [5.41, 5.74) is 1.13. The number of benzene rings is 1. The second-order valence-electron chi connectivity index (χ2n) is 5.70. The third-order valence-corrected chi connectivity index (χ3v) is 5.14. The predicted octanol–water partition coefficient (Wildman–Crippen LogP) is 2.58. The number of aryl methyl sites for hydroxylation is 1. The van der Waals surface area contributed by atoms with E-state index in [9.17, 15) is 13.2 Å². The first kappa shape index (κ1) is 20.6. The first-order valence-electron chi connectivity index (χ1n) is 8.30. The second kappa shape index (κ2) is 10.4. The van der Waals surface area contributed by atoms with Crippen LogP contribution in [0.2, 0.25) is 0 Å². The summed E-state index contributed by atoms with van der Waals surface area (Å²) in [5, 5.41) is 8.67. The molecule has 1 atom stereocenters. The van der Waals surface area contributed by atoms with Gasteiger partial charge in [0.25, 0.3) is 0 Å². The Morgan fingerprint density at radius 3 is 2.46 bits per heavy atom. The lowest BCUT2D eigenvalue weighted by molar-refractivity contribution is -0.148. The molecule has 0 fully saturated rings. The number of aliphatic carboxylic acids is 1. The number of carbonyl (C=O) groups is 1. The molecule has 0 spiro atoms. The van der Waals surface area contributed by atoms with E-state index in [1.165, 1.54) is 26.2 Å². The molecule has 1 aromatic rings. The van der Waals surface area contributed by atoms with E-state index in [1.807, 2.05) is 12.1 Å². The lowest BCUT2D eigenvalue weighted by Gasteiger charge is -2.10. The molecule has 0 saturated carbocycles. The van der Waals surface area contributed by atoms with E-state index >= 15 is 0 Å². The van der Waals surface area contributed by atoms with Crippen LogP contribution < -0.4 is 4.72 Å². The van der Waals surface area contributed by atoms with Crippen LogP contribution in [0.25, 0.3) is 0 Å². The summed E-state index contributed by atoms with van der Waals surface area (Å²) >= 11 is 0. The van der Waals surface area contributed by atoms with Crippen LogP contribution in [0, 0.1) is 0 Å². The first-order chi connectivity index (χ1) is 11.4. The Morgan fingerprint density at radius 1 is 1.21 bits per heavy atom. The molecule has 1 aromatic carbocycles. The number of carboxylic acids is 1. The molecule has 0 aromatic heterocycles. The van der Waals surface area contributed by atoms with Crippen molar-refractivity contribution in [3.8, 4) is 0 Å². The van der Waals surface area contributed by atoms with Gasteiger partial charge in [0.05, 0.1) is 11.5 Å². The highest BCUT2D eigenvalue weighted by molar-refractivity contribution is 7.89. The standard InChI is InChI=1S/C17H27NO5S/c1-3-4-5-6-7-15-8-10-16(11-9-15)24(21,22)18-12-13-23-14(2)17(19)20/h8-11,14,18H,3-7,12-13H2,1-2H3,(H,19,20). The van der Waals surface area contributed by atoms with E-state index in [4.69, 9.17) is 9.84 Å². The van der Waals surface area contributed by atoms with Gasteiger partial charge in [-0.1, -0.05) is 38.3 Å². The van der Waals surface area contributed by atoms with Crippen LogP contribution in [-0.4, -0.2) is 38.7 Å². The van der Waals surface area contributed by atoms with Crippen LogP contribution in [0.1, 0.15) is 45.1 Å². The summed E-state index contributed by atoms with van der Waals surface area (Å²) in [6.07, 6.45) is 4.71. The van der Waals surface area contributed by atoms with Crippen LogP contribution in [0.5, 0.6) is 0 Å². The topological polar surface area (TPSA) is 92.7 Å². The van der Waals surface area contributed by atoms with Crippen molar-refractivity contribution in [2.75, 3.05) is 13.2 Å². The van der Waals surface area contributed by atoms with Gasteiger partial charge in [0, 0.05) is 6.54 Å². The zero-order valence-electron chi connectivity index (χ0n) is 14.3.